The minimum atomic E-state index is -4.15. The predicted octanol–water partition coefficient (Wildman–Crippen LogP) is 3.02. The van der Waals surface area contributed by atoms with Crippen molar-refractivity contribution >= 4 is 0 Å². The Morgan fingerprint density at radius 1 is 1.18 bits per heavy atom. The van der Waals surface area contributed by atoms with E-state index >= 15 is 0 Å². The number of hydrogen-bond donors (Lipinski definition) is 1. The first-order valence-electron chi connectivity index (χ1n) is 6.14. The molecule has 104 valence electrons. The summed E-state index contributed by atoms with van der Waals surface area (Å²) in [7, 11) is 0. The fourth-order valence-corrected chi connectivity index (χ4v) is 1.99. The first-order chi connectivity index (χ1) is 7.63. The molecular weight excluding hydrogens is 229 g/mol. The molecule has 0 aromatic heterocycles. The monoisotopic (exact) mass is 254 g/mol. The molecule has 0 aromatic carbocycles. The average Bonchev–Trinajstić information content (AvgIpc) is 2.15. The molecule has 0 fully saturated rings. The number of hydrogen-bond acceptors (Lipinski definition) is 2. The molecule has 0 saturated heterocycles. The minimum Gasteiger partial charge on any atom is -0.330 e. The van der Waals surface area contributed by atoms with E-state index < -0.39 is 12.7 Å². The third-order valence-electron chi connectivity index (χ3n) is 3.04. The predicted molar refractivity (Wildman–Crippen MR) is 64.8 cm³/mol. The molecular formula is C12H25F3N2. The Morgan fingerprint density at radius 3 is 2.00 bits per heavy atom. The highest BCUT2D eigenvalue weighted by Crippen LogP contribution is 2.26. The summed E-state index contributed by atoms with van der Waals surface area (Å²) in [6.07, 6.45) is -2.36. The van der Waals surface area contributed by atoms with E-state index in [1.54, 1.807) is 13.8 Å². The zero-order chi connectivity index (χ0) is 13.7. The largest absolute Gasteiger partial charge is 0.401 e. The highest BCUT2D eigenvalue weighted by Gasteiger charge is 2.35. The summed E-state index contributed by atoms with van der Waals surface area (Å²) in [5.74, 6) is 0. The van der Waals surface area contributed by atoms with Gasteiger partial charge in [-0.2, -0.15) is 13.2 Å². The second-order valence-corrected chi connectivity index (χ2v) is 5.38. The maximum atomic E-state index is 12.5. The van der Waals surface area contributed by atoms with E-state index in [-0.39, 0.29) is 11.5 Å². The second kappa shape index (κ2) is 6.59. The van der Waals surface area contributed by atoms with E-state index in [9.17, 15) is 13.2 Å². The Kier molecular flexibility index (Phi) is 6.48. The van der Waals surface area contributed by atoms with Gasteiger partial charge in [0.25, 0.3) is 0 Å². The van der Waals surface area contributed by atoms with Gasteiger partial charge in [0.2, 0.25) is 0 Å². The Morgan fingerprint density at radius 2 is 1.71 bits per heavy atom. The first kappa shape index (κ1) is 16.7. The highest BCUT2D eigenvalue weighted by atomic mass is 19.4. The number of halogens is 3. The van der Waals surface area contributed by atoms with Crippen molar-refractivity contribution in [2.45, 2.75) is 52.8 Å². The number of alkyl halides is 3. The number of nitrogens with zero attached hydrogens (tertiary/aromatic N) is 1. The molecule has 5 heteroatoms. The van der Waals surface area contributed by atoms with Crippen LogP contribution in [-0.2, 0) is 0 Å². The van der Waals surface area contributed by atoms with Crippen LogP contribution in [0.5, 0.6) is 0 Å². The van der Waals surface area contributed by atoms with Crippen LogP contribution in [-0.4, -0.2) is 36.8 Å². The van der Waals surface area contributed by atoms with Gasteiger partial charge in [0.1, 0.15) is 0 Å². The van der Waals surface area contributed by atoms with Crippen molar-refractivity contribution in [3.63, 3.8) is 0 Å². The Bertz CT molecular complexity index is 216. The van der Waals surface area contributed by atoms with E-state index in [1.165, 1.54) is 4.90 Å². The van der Waals surface area contributed by atoms with Gasteiger partial charge in [-0.25, -0.2) is 0 Å². The van der Waals surface area contributed by atoms with Crippen LogP contribution in [0.25, 0.3) is 0 Å². The van der Waals surface area contributed by atoms with Crippen molar-refractivity contribution < 1.29 is 13.2 Å². The Labute approximate surface area is 102 Å². The third-order valence-corrected chi connectivity index (χ3v) is 3.04. The molecule has 0 amide bonds. The van der Waals surface area contributed by atoms with Crippen molar-refractivity contribution in [3.8, 4) is 0 Å². The fourth-order valence-electron chi connectivity index (χ4n) is 1.99. The molecule has 2 N–H and O–H groups in total. The first-order valence-corrected chi connectivity index (χ1v) is 6.14. The van der Waals surface area contributed by atoms with Gasteiger partial charge in [-0.1, -0.05) is 20.3 Å². The van der Waals surface area contributed by atoms with Crippen molar-refractivity contribution in [3.05, 3.63) is 0 Å². The molecule has 0 aliphatic carbocycles. The molecule has 0 saturated carbocycles. The maximum absolute atomic E-state index is 12.5. The Balaban J connectivity index is 4.62. The molecule has 0 radical (unpaired) electrons. The second-order valence-electron chi connectivity index (χ2n) is 5.38. The van der Waals surface area contributed by atoms with Gasteiger partial charge in [-0.15, -0.1) is 0 Å². The van der Waals surface area contributed by atoms with Gasteiger partial charge in [0, 0.05) is 12.6 Å². The highest BCUT2D eigenvalue weighted by molar-refractivity contribution is 4.81. The molecule has 1 unspecified atom stereocenters. The van der Waals surface area contributed by atoms with Crippen LogP contribution in [0.3, 0.4) is 0 Å². The summed E-state index contributed by atoms with van der Waals surface area (Å²) in [6.45, 7) is 7.52. The number of rotatable bonds is 7. The molecule has 0 aromatic rings. The fraction of sp³-hybridized carbons (Fsp3) is 1.00. The molecule has 17 heavy (non-hydrogen) atoms. The zero-order valence-electron chi connectivity index (χ0n) is 11.3. The minimum absolute atomic E-state index is 0.126. The lowest BCUT2D eigenvalue weighted by molar-refractivity contribution is -0.152. The van der Waals surface area contributed by atoms with E-state index in [1.807, 2.05) is 13.8 Å². The van der Waals surface area contributed by atoms with Gasteiger partial charge in [0.05, 0.1) is 6.54 Å². The van der Waals surface area contributed by atoms with Crippen molar-refractivity contribution in [1.29, 1.82) is 0 Å². The van der Waals surface area contributed by atoms with Gasteiger partial charge in [-0.3, -0.25) is 4.90 Å². The lowest BCUT2D eigenvalue weighted by Crippen LogP contribution is -2.47. The molecule has 2 nitrogen and oxygen atoms in total. The quantitative estimate of drug-likeness (QED) is 0.756. The van der Waals surface area contributed by atoms with Crippen molar-refractivity contribution in [1.82, 2.24) is 4.90 Å². The van der Waals surface area contributed by atoms with Crippen LogP contribution in [0.1, 0.15) is 40.5 Å². The number of nitrogens with two attached hydrogens (primary N) is 1. The molecule has 0 aliphatic heterocycles. The molecule has 0 heterocycles. The summed E-state index contributed by atoms with van der Waals surface area (Å²) in [5, 5.41) is 0. The summed E-state index contributed by atoms with van der Waals surface area (Å²) < 4.78 is 37.4. The zero-order valence-corrected chi connectivity index (χ0v) is 11.3. The van der Waals surface area contributed by atoms with Gasteiger partial charge < -0.3 is 5.73 Å². The SMILES string of the molecule is CCCC(C)(CN)CN(CC(F)(F)F)C(C)C. The molecule has 1 atom stereocenters. The molecule has 0 rings (SSSR count). The average molecular weight is 254 g/mol. The van der Waals surface area contributed by atoms with Gasteiger partial charge in [-0.05, 0) is 32.2 Å². The van der Waals surface area contributed by atoms with Crippen molar-refractivity contribution in [2.75, 3.05) is 19.6 Å². The van der Waals surface area contributed by atoms with Crippen LogP contribution in [0.15, 0.2) is 0 Å². The third kappa shape index (κ3) is 6.88. The molecule has 0 aliphatic rings. The normalized spacial score (nSPS) is 16.6. The lowest BCUT2D eigenvalue weighted by Gasteiger charge is -2.37. The van der Waals surface area contributed by atoms with Crippen LogP contribution in [0.4, 0.5) is 13.2 Å². The smallest absolute Gasteiger partial charge is 0.330 e. The maximum Gasteiger partial charge on any atom is 0.401 e. The van der Waals surface area contributed by atoms with E-state index in [2.05, 4.69) is 0 Å². The van der Waals surface area contributed by atoms with Gasteiger partial charge in [0.15, 0.2) is 0 Å². The summed E-state index contributed by atoms with van der Waals surface area (Å²) >= 11 is 0. The van der Waals surface area contributed by atoms with Crippen molar-refractivity contribution in [2.24, 2.45) is 11.1 Å². The summed E-state index contributed by atoms with van der Waals surface area (Å²) in [4.78, 5) is 1.46. The van der Waals surface area contributed by atoms with Crippen LogP contribution in [0.2, 0.25) is 0 Å². The lowest BCUT2D eigenvalue weighted by atomic mass is 9.85. The standard InChI is InChI=1S/C12H25F3N2/c1-5-6-11(4,7-16)8-17(10(2)3)9-12(13,14)15/h10H,5-9,16H2,1-4H3. The molecule has 0 bridgehead atoms. The van der Waals surface area contributed by atoms with E-state index in [0.29, 0.717) is 13.1 Å². The van der Waals surface area contributed by atoms with Crippen LogP contribution in [0, 0.1) is 5.41 Å². The molecule has 0 spiro atoms. The van der Waals surface area contributed by atoms with Crippen LogP contribution >= 0.6 is 0 Å². The van der Waals surface area contributed by atoms with Crippen LogP contribution < -0.4 is 5.73 Å². The van der Waals surface area contributed by atoms with E-state index in [4.69, 9.17) is 5.73 Å². The topological polar surface area (TPSA) is 29.3 Å². The van der Waals surface area contributed by atoms with Gasteiger partial charge >= 0.3 is 6.18 Å². The Hall–Kier alpha value is -0.290. The summed E-state index contributed by atoms with van der Waals surface area (Å²) in [5.41, 5.74) is 5.47. The van der Waals surface area contributed by atoms with E-state index in [0.717, 1.165) is 12.8 Å². The summed E-state index contributed by atoms with van der Waals surface area (Å²) in [6, 6.07) is -0.126.